The summed E-state index contributed by atoms with van der Waals surface area (Å²) in [4.78, 5) is 17.3. The summed E-state index contributed by atoms with van der Waals surface area (Å²) in [5, 5.41) is 0. The number of nitrogens with zero attached hydrogens (tertiary/aromatic N) is 2. The third-order valence-corrected chi connectivity index (χ3v) is 5.87. The quantitative estimate of drug-likeness (QED) is 0.377. The Morgan fingerprint density at radius 3 is 2.34 bits per heavy atom. The molecule has 5 heteroatoms. The minimum absolute atomic E-state index is 0.0496. The predicted octanol–water partition coefficient (Wildman–Crippen LogP) is 6.39. The number of carbonyl (C=O) groups excluding carboxylic acids is 1. The number of carbonyl (C=O) groups is 1. The van der Waals surface area contributed by atoms with Crippen molar-refractivity contribution < 1.29 is 9.53 Å². The summed E-state index contributed by atoms with van der Waals surface area (Å²) >= 11 is 3.56. The lowest BCUT2D eigenvalue weighted by atomic mass is 10.1. The number of rotatable bonds is 6. The van der Waals surface area contributed by atoms with Crippen LogP contribution < -0.4 is 14.5 Å². The molecule has 0 saturated carbocycles. The molecular formula is C27H25BrN2O2. The molecule has 3 aromatic rings. The third kappa shape index (κ3) is 4.48. The van der Waals surface area contributed by atoms with Crippen LogP contribution in [0.4, 0.5) is 11.4 Å². The predicted molar refractivity (Wildman–Crippen MR) is 136 cm³/mol. The Morgan fingerprint density at radius 1 is 1.00 bits per heavy atom. The van der Waals surface area contributed by atoms with Crippen LogP contribution >= 0.6 is 15.9 Å². The summed E-state index contributed by atoms with van der Waals surface area (Å²) in [5.41, 5.74) is 5.35. The molecule has 1 amide bonds. The van der Waals surface area contributed by atoms with Gasteiger partial charge >= 0.3 is 0 Å². The highest BCUT2D eigenvalue weighted by molar-refractivity contribution is 9.10. The van der Waals surface area contributed by atoms with Crippen molar-refractivity contribution in [3.8, 4) is 5.75 Å². The van der Waals surface area contributed by atoms with E-state index in [0.717, 1.165) is 38.4 Å². The second-order valence-electron chi connectivity index (χ2n) is 7.67. The Hall–Kier alpha value is -3.31. The summed E-state index contributed by atoms with van der Waals surface area (Å²) in [6.45, 7) is 2.55. The lowest BCUT2D eigenvalue weighted by Gasteiger charge is -2.22. The van der Waals surface area contributed by atoms with E-state index in [4.69, 9.17) is 4.74 Å². The van der Waals surface area contributed by atoms with Gasteiger partial charge in [-0.1, -0.05) is 36.4 Å². The molecule has 1 aliphatic heterocycles. The smallest absolute Gasteiger partial charge is 0.262 e. The van der Waals surface area contributed by atoms with Gasteiger partial charge in [0.05, 0.1) is 16.8 Å². The summed E-state index contributed by atoms with van der Waals surface area (Å²) < 4.78 is 6.46. The van der Waals surface area contributed by atoms with Crippen LogP contribution in [0.5, 0.6) is 5.75 Å². The average Bonchev–Trinajstić information content (AvgIpc) is 3.12. The number of ether oxygens (including phenoxy) is 1. The van der Waals surface area contributed by atoms with Gasteiger partial charge in [0, 0.05) is 31.0 Å². The van der Waals surface area contributed by atoms with Gasteiger partial charge in [-0.2, -0.15) is 0 Å². The fourth-order valence-corrected chi connectivity index (χ4v) is 4.16. The van der Waals surface area contributed by atoms with E-state index in [1.807, 2.05) is 111 Å². The highest BCUT2D eigenvalue weighted by Crippen LogP contribution is 2.36. The van der Waals surface area contributed by atoms with Gasteiger partial charge in [-0.15, -0.1) is 0 Å². The Labute approximate surface area is 197 Å². The molecular weight excluding hydrogens is 464 g/mol. The highest BCUT2D eigenvalue weighted by Gasteiger charge is 2.30. The van der Waals surface area contributed by atoms with Crippen molar-refractivity contribution >= 4 is 45.0 Å². The van der Waals surface area contributed by atoms with Crippen LogP contribution in [-0.4, -0.2) is 26.6 Å². The van der Waals surface area contributed by atoms with Gasteiger partial charge in [0.15, 0.2) is 0 Å². The van der Waals surface area contributed by atoms with Gasteiger partial charge in [0.25, 0.3) is 5.91 Å². The monoisotopic (exact) mass is 488 g/mol. The first-order valence-electron chi connectivity index (χ1n) is 10.5. The molecule has 4 nitrogen and oxygen atoms in total. The van der Waals surface area contributed by atoms with Crippen LogP contribution in [0.1, 0.15) is 18.1 Å². The van der Waals surface area contributed by atoms with Crippen LogP contribution in [-0.2, 0) is 4.79 Å². The van der Waals surface area contributed by atoms with Crippen LogP contribution in [0, 0.1) is 0 Å². The number of hydrogen-bond acceptors (Lipinski definition) is 3. The molecule has 0 unspecified atom stereocenters. The first-order chi connectivity index (χ1) is 15.5. The molecule has 0 fully saturated rings. The average molecular weight is 489 g/mol. The van der Waals surface area contributed by atoms with Crippen molar-refractivity contribution in [3.05, 3.63) is 100 Å². The molecule has 0 aromatic heterocycles. The van der Waals surface area contributed by atoms with E-state index < -0.39 is 0 Å². The van der Waals surface area contributed by atoms with Gasteiger partial charge in [-0.05, 0) is 82.5 Å². The molecule has 32 heavy (non-hydrogen) atoms. The summed E-state index contributed by atoms with van der Waals surface area (Å²) in [6.07, 6.45) is 3.88. The second kappa shape index (κ2) is 9.45. The zero-order chi connectivity index (χ0) is 22.7. The lowest BCUT2D eigenvalue weighted by Crippen LogP contribution is -2.25. The molecule has 0 atom stereocenters. The third-order valence-electron chi connectivity index (χ3n) is 5.25. The fraction of sp³-hybridized carbons (Fsp3) is 0.148. The number of amides is 1. The Kier molecular flexibility index (Phi) is 6.47. The van der Waals surface area contributed by atoms with Gasteiger partial charge < -0.3 is 9.64 Å². The molecule has 0 bridgehead atoms. The molecule has 0 spiro atoms. The second-order valence-corrected chi connectivity index (χ2v) is 8.52. The van der Waals surface area contributed by atoms with E-state index in [1.165, 1.54) is 0 Å². The van der Waals surface area contributed by atoms with Crippen LogP contribution in [0.25, 0.3) is 11.8 Å². The molecule has 3 aromatic carbocycles. The van der Waals surface area contributed by atoms with E-state index in [2.05, 4.69) is 15.9 Å². The molecule has 0 N–H and O–H groups in total. The van der Waals surface area contributed by atoms with Crippen molar-refractivity contribution in [1.29, 1.82) is 0 Å². The Balaban J connectivity index is 1.75. The van der Waals surface area contributed by atoms with E-state index >= 15 is 0 Å². The molecule has 1 heterocycles. The molecule has 162 valence electrons. The Bertz CT molecular complexity index is 1180. The van der Waals surface area contributed by atoms with E-state index in [-0.39, 0.29) is 5.91 Å². The van der Waals surface area contributed by atoms with Gasteiger partial charge in [0.2, 0.25) is 0 Å². The fourth-order valence-electron chi connectivity index (χ4n) is 3.65. The number of hydrogen-bond donors (Lipinski definition) is 0. The van der Waals surface area contributed by atoms with Crippen molar-refractivity contribution in [3.63, 3.8) is 0 Å². The van der Waals surface area contributed by atoms with Gasteiger partial charge in [-0.25, -0.2) is 0 Å². The van der Waals surface area contributed by atoms with Crippen molar-refractivity contribution in [2.45, 2.75) is 6.92 Å². The maximum Gasteiger partial charge on any atom is 0.262 e. The molecule has 0 radical (unpaired) electrons. The maximum absolute atomic E-state index is 13.5. The maximum atomic E-state index is 13.5. The minimum Gasteiger partial charge on any atom is -0.493 e. The SMILES string of the molecule is CCOc1ccc(/C=C2\C=C(c3ccccc3)N(c3ccc(N(C)C)cc3)C2=O)cc1Br. The summed E-state index contributed by atoms with van der Waals surface area (Å²) in [6, 6.07) is 23.9. The van der Waals surface area contributed by atoms with E-state index in [9.17, 15) is 4.79 Å². The normalized spacial score (nSPS) is 14.6. The van der Waals surface area contributed by atoms with Crippen molar-refractivity contribution in [1.82, 2.24) is 0 Å². The summed E-state index contributed by atoms with van der Waals surface area (Å²) in [5.74, 6) is 0.738. The number of benzene rings is 3. The highest BCUT2D eigenvalue weighted by atomic mass is 79.9. The zero-order valence-electron chi connectivity index (χ0n) is 18.4. The zero-order valence-corrected chi connectivity index (χ0v) is 20.0. The molecule has 4 rings (SSSR count). The molecule has 0 aliphatic carbocycles. The van der Waals surface area contributed by atoms with Crippen LogP contribution in [0.3, 0.4) is 0 Å². The standard InChI is InChI=1S/C27H25BrN2O2/c1-4-32-26-15-10-19(17-24(26)28)16-21-18-25(20-8-6-5-7-9-20)30(27(21)31)23-13-11-22(12-14-23)29(2)3/h5-18H,4H2,1-3H3/b21-16+. The molecule has 0 saturated heterocycles. The lowest BCUT2D eigenvalue weighted by molar-refractivity contribution is -0.113. The number of halogens is 1. The minimum atomic E-state index is -0.0496. The van der Waals surface area contributed by atoms with E-state index in [0.29, 0.717) is 12.2 Å². The molecule has 1 aliphatic rings. The van der Waals surface area contributed by atoms with Crippen molar-refractivity contribution in [2.75, 3.05) is 30.5 Å². The summed E-state index contributed by atoms with van der Waals surface area (Å²) in [7, 11) is 4.00. The van der Waals surface area contributed by atoms with Gasteiger partial charge in [0.1, 0.15) is 5.75 Å². The Morgan fingerprint density at radius 2 is 1.72 bits per heavy atom. The van der Waals surface area contributed by atoms with Crippen LogP contribution in [0.2, 0.25) is 0 Å². The van der Waals surface area contributed by atoms with Gasteiger partial charge in [-0.3, -0.25) is 9.69 Å². The largest absolute Gasteiger partial charge is 0.493 e. The van der Waals surface area contributed by atoms with Crippen LogP contribution in [0.15, 0.2) is 88.9 Å². The number of anilines is 2. The topological polar surface area (TPSA) is 32.8 Å². The first kappa shape index (κ1) is 21.9. The van der Waals surface area contributed by atoms with E-state index in [1.54, 1.807) is 4.90 Å². The van der Waals surface area contributed by atoms with Crippen molar-refractivity contribution in [2.24, 2.45) is 0 Å². The first-order valence-corrected chi connectivity index (χ1v) is 11.3.